The summed E-state index contributed by atoms with van der Waals surface area (Å²) >= 11 is 1.27. The van der Waals surface area contributed by atoms with Crippen LogP contribution in [-0.4, -0.2) is 56.0 Å². The Morgan fingerprint density at radius 1 is 1.17 bits per heavy atom. The molecule has 2 aromatic rings. The van der Waals surface area contributed by atoms with Crippen LogP contribution in [0.5, 0.6) is 5.75 Å². The van der Waals surface area contributed by atoms with Gasteiger partial charge in [-0.15, -0.1) is 0 Å². The molecule has 30 heavy (non-hydrogen) atoms. The van der Waals surface area contributed by atoms with Gasteiger partial charge >= 0.3 is 5.97 Å². The second-order valence-electron chi connectivity index (χ2n) is 7.13. The SMILES string of the molecule is COc1cccc(N2C(SCC(=O)OCc3ccccc3)=N[C@@H]3CS(=O)(=O)C[C@H]32)c1. The highest BCUT2D eigenvalue weighted by Crippen LogP contribution is 2.36. The van der Waals surface area contributed by atoms with Crippen LogP contribution in [0.15, 0.2) is 59.6 Å². The van der Waals surface area contributed by atoms with E-state index in [1.54, 1.807) is 7.11 Å². The van der Waals surface area contributed by atoms with Gasteiger partial charge in [0, 0.05) is 11.8 Å². The third kappa shape index (κ3) is 4.62. The van der Waals surface area contributed by atoms with Crippen LogP contribution in [0.2, 0.25) is 0 Å². The summed E-state index contributed by atoms with van der Waals surface area (Å²) in [7, 11) is -1.56. The molecule has 2 aliphatic heterocycles. The first-order valence-electron chi connectivity index (χ1n) is 9.49. The number of hydrogen-bond acceptors (Lipinski definition) is 8. The number of amidine groups is 1. The van der Waals surface area contributed by atoms with Gasteiger partial charge in [0.05, 0.1) is 36.5 Å². The Morgan fingerprint density at radius 2 is 1.97 bits per heavy atom. The Bertz CT molecular complexity index is 1060. The van der Waals surface area contributed by atoms with Crippen molar-refractivity contribution < 1.29 is 22.7 Å². The lowest BCUT2D eigenvalue weighted by atomic mass is 10.1. The number of ether oxygens (including phenoxy) is 2. The van der Waals surface area contributed by atoms with Crippen molar-refractivity contribution in [2.75, 3.05) is 29.3 Å². The molecule has 2 aromatic carbocycles. The molecule has 2 atom stereocenters. The van der Waals surface area contributed by atoms with Crippen molar-refractivity contribution in [3.05, 3.63) is 60.2 Å². The van der Waals surface area contributed by atoms with E-state index in [2.05, 4.69) is 4.99 Å². The summed E-state index contributed by atoms with van der Waals surface area (Å²) in [6, 6.07) is 16.3. The molecule has 0 N–H and O–H groups in total. The molecule has 1 fully saturated rings. The number of fused-ring (bicyclic) bond motifs is 1. The van der Waals surface area contributed by atoms with E-state index in [1.807, 2.05) is 59.5 Å². The van der Waals surface area contributed by atoms with E-state index in [-0.39, 0.29) is 41.9 Å². The molecule has 4 rings (SSSR count). The van der Waals surface area contributed by atoms with Gasteiger partial charge in [-0.2, -0.15) is 0 Å². The van der Waals surface area contributed by atoms with Crippen molar-refractivity contribution in [3.8, 4) is 5.75 Å². The predicted octanol–water partition coefficient (Wildman–Crippen LogP) is 2.51. The standard InChI is InChI=1S/C21H22N2O5S2/c1-27-17-9-5-8-16(10-17)23-19-14-30(25,26)13-18(19)22-21(23)29-12-20(24)28-11-15-6-3-2-4-7-15/h2-10,18-19H,11-14H2,1H3/t18-,19-/m1/s1. The van der Waals surface area contributed by atoms with E-state index in [1.165, 1.54) is 11.8 Å². The molecule has 2 aliphatic rings. The van der Waals surface area contributed by atoms with Crippen LogP contribution in [0.4, 0.5) is 5.69 Å². The number of nitrogens with zero attached hydrogens (tertiary/aromatic N) is 2. The van der Waals surface area contributed by atoms with E-state index in [4.69, 9.17) is 9.47 Å². The first-order valence-corrected chi connectivity index (χ1v) is 12.3. The van der Waals surface area contributed by atoms with E-state index < -0.39 is 9.84 Å². The normalized spacial score (nSPS) is 21.8. The van der Waals surface area contributed by atoms with Gasteiger partial charge in [0.15, 0.2) is 15.0 Å². The second kappa shape index (κ2) is 8.69. The first kappa shape index (κ1) is 20.7. The summed E-state index contributed by atoms with van der Waals surface area (Å²) in [5, 5.41) is 0.629. The van der Waals surface area contributed by atoms with Gasteiger partial charge in [-0.1, -0.05) is 48.2 Å². The maximum Gasteiger partial charge on any atom is 0.316 e. The minimum absolute atomic E-state index is 0.0284. The van der Waals surface area contributed by atoms with Crippen molar-refractivity contribution in [2.24, 2.45) is 4.99 Å². The van der Waals surface area contributed by atoms with Crippen LogP contribution in [0.3, 0.4) is 0 Å². The van der Waals surface area contributed by atoms with Crippen LogP contribution in [0.25, 0.3) is 0 Å². The van der Waals surface area contributed by atoms with Gasteiger partial charge in [-0.05, 0) is 17.7 Å². The van der Waals surface area contributed by atoms with Crippen LogP contribution in [-0.2, 0) is 26.0 Å². The number of carbonyl (C=O) groups excluding carboxylic acids is 1. The highest BCUT2D eigenvalue weighted by Gasteiger charge is 2.47. The van der Waals surface area contributed by atoms with Gasteiger partial charge in [-0.25, -0.2) is 8.42 Å². The van der Waals surface area contributed by atoms with E-state index in [9.17, 15) is 13.2 Å². The lowest BCUT2D eigenvalue weighted by molar-refractivity contribution is -0.141. The largest absolute Gasteiger partial charge is 0.497 e. The molecule has 0 bridgehead atoms. The molecule has 1 saturated heterocycles. The highest BCUT2D eigenvalue weighted by atomic mass is 32.2. The van der Waals surface area contributed by atoms with Gasteiger partial charge in [-0.3, -0.25) is 9.79 Å². The van der Waals surface area contributed by atoms with E-state index in [0.717, 1.165) is 11.3 Å². The monoisotopic (exact) mass is 446 g/mol. The summed E-state index contributed by atoms with van der Waals surface area (Å²) in [5.41, 5.74) is 1.72. The lowest BCUT2D eigenvalue weighted by Gasteiger charge is -2.26. The Morgan fingerprint density at radius 3 is 2.73 bits per heavy atom. The van der Waals surface area contributed by atoms with Crippen LogP contribution < -0.4 is 9.64 Å². The Kier molecular flexibility index (Phi) is 6.01. The molecule has 0 saturated carbocycles. The van der Waals surface area contributed by atoms with Crippen LogP contribution in [0, 0.1) is 0 Å². The number of aliphatic imine (C=N–C) groups is 1. The molecule has 0 spiro atoms. The zero-order chi connectivity index (χ0) is 21.1. The molecule has 0 amide bonds. The molecular formula is C21H22N2O5S2. The molecule has 158 valence electrons. The van der Waals surface area contributed by atoms with Crippen LogP contribution >= 0.6 is 11.8 Å². The molecule has 7 nitrogen and oxygen atoms in total. The number of rotatable bonds is 6. The first-order chi connectivity index (χ1) is 14.4. The fourth-order valence-electron chi connectivity index (χ4n) is 3.60. The third-order valence-corrected chi connectivity index (χ3v) is 7.64. The maximum absolute atomic E-state index is 12.2. The number of sulfone groups is 1. The molecular weight excluding hydrogens is 424 g/mol. The van der Waals surface area contributed by atoms with Crippen molar-refractivity contribution in [1.82, 2.24) is 0 Å². The highest BCUT2D eigenvalue weighted by molar-refractivity contribution is 8.14. The number of benzene rings is 2. The lowest BCUT2D eigenvalue weighted by Crippen LogP contribution is -2.39. The number of methoxy groups -OCH3 is 1. The fourth-order valence-corrected chi connectivity index (χ4v) is 6.36. The minimum atomic E-state index is -3.14. The predicted molar refractivity (Wildman–Crippen MR) is 118 cm³/mol. The van der Waals surface area contributed by atoms with Gasteiger partial charge < -0.3 is 14.4 Å². The van der Waals surface area contributed by atoms with E-state index >= 15 is 0 Å². The molecule has 0 radical (unpaired) electrons. The van der Waals surface area contributed by atoms with Gasteiger partial charge in [0.25, 0.3) is 0 Å². The van der Waals surface area contributed by atoms with E-state index in [0.29, 0.717) is 10.9 Å². The van der Waals surface area contributed by atoms with Crippen molar-refractivity contribution in [2.45, 2.75) is 18.7 Å². The average Bonchev–Trinajstić information content (AvgIpc) is 3.22. The number of anilines is 1. The molecule has 0 aromatic heterocycles. The van der Waals surface area contributed by atoms with Crippen molar-refractivity contribution in [3.63, 3.8) is 0 Å². The number of carbonyl (C=O) groups is 1. The Balaban J connectivity index is 1.46. The fraction of sp³-hybridized carbons (Fsp3) is 0.333. The summed E-state index contributed by atoms with van der Waals surface area (Å²) in [6.07, 6.45) is 0. The molecule has 9 heteroatoms. The summed E-state index contributed by atoms with van der Waals surface area (Å²) in [5.74, 6) is 0.491. The summed E-state index contributed by atoms with van der Waals surface area (Å²) in [6.45, 7) is 0.218. The number of esters is 1. The topological polar surface area (TPSA) is 85.3 Å². The Hall–Kier alpha value is -2.52. The quantitative estimate of drug-likeness (QED) is 0.630. The second-order valence-corrected chi connectivity index (χ2v) is 10.2. The zero-order valence-corrected chi connectivity index (χ0v) is 18.1. The third-order valence-electron chi connectivity index (χ3n) is 5.00. The number of hydrogen-bond donors (Lipinski definition) is 0. The molecule has 0 unspecified atom stereocenters. The molecule has 0 aliphatic carbocycles. The van der Waals surface area contributed by atoms with Crippen molar-refractivity contribution >= 4 is 38.4 Å². The number of thioether (sulfide) groups is 1. The van der Waals surface area contributed by atoms with Crippen LogP contribution in [0.1, 0.15) is 5.56 Å². The smallest absolute Gasteiger partial charge is 0.316 e. The van der Waals surface area contributed by atoms with Crippen molar-refractivity contribution in [1.29, 1.82) is 0 Å². The summed E-state index contributed by atoms with van der Waals surface area (Å²) < 4.78 is 34.9. The maximum atomic E-state index is 12.2. The summed E-state index contributed by atoms with van der Waals surface area (Å²) in [4.78, 5) is 18.8. The van der Waals surface area contributed by atoms with Gasteiger partial charge in [0.2, 0.25) is 0 Å². The molecule has 2 heterocycles. The zero-order valence-electron chi connectivity index (χ0n) is 16.4. The average molecular weight is 447 g/mol. The Labute approximate surface area is 180 Å². The minimum Gasteiger partial charge on any atom is -0.497 e. The van der Waals surface area contributed by atoms with Gasteiger partial charge in [0.1, 0.15) is 12.4 Å².